The summed E-state index contributed by atoms with van der Waals surface area (Å²) in [6.07, 6.45) is 4.24. The van der Waals surface area contributed by atoms with Gasteiger partial charge in [-0.15, -0.1) is 11.3 Å². The van der Waals surface area contributed by atoms with Crippen molar-refractivity contribution in [2.24, 2.45) is 0 Å². The minimum atomic E-state index is -0.326. The number of rotatable bonds is 2. The molecule has 3 aromatic rings. The molecular formula is C21H21N3O2S. The van der Waals surface area contributed by atoms with Gasteiger partial charge in [0.2, 0.25) is 11.8 Å². The molecule has 0 spiro atoms. The minimum absolute atomic E-state index is 0.326. The highest BCUT2D eigenvalue weighted by atomic mass is 32.1. The molecule has 0 atom stereocenters. The van der Waals surface area contributed by atoms with Gasteiger partial charge in [0, 0.05) is 24.3 Å². The molecule has 1 aliphatic carbocycles. The van der Waals surface area contributed by atoms with Crippen molar-refractivity contribution in [2.45, 2.75) is 46.5 Å². The van der Waals surface area contributed by atoms with Crippen molar-refractivity contribution in [3.8, 4) is 11.4 Å². The van der Waals surface area contributed by atoms with Crippen molar-refractivity contribution in [3.05, 3.63) is 40.3 Å². The molecule has 6 heteroatoms. The van der Waals surface area contributed by atoms with Crippen LogP contribution < -0.4 is 4.90 Å². The molecule has 138 valence electrons. The van der Waals surface area contributed by atoms with Gasteiger partial charge in [-0.2, -0.15) is 0 Å². The van der Waals surface area contributed by atoms with Crippen LogP contribution >= 0.6 is 11.3 Å². The van der Waals surface area contributed by atoms with E-state index in [2.05, 4.69) is 0 Å². The second-order valence-corrected chi connectivity index (χ2v) is 8.08. The first-order valence-electron chi connectivity index (χ1n) is 9.16. The Hall–Kier alpha value is -2.60. The lowest BCUT2D eigenvalue weighted by Crippen LogP contribution is -2.34. The van der Waals surface area contributed by atoms with E-state index in [1.165, 1.54) is 29.2 Å². The fraction of sp³-hybridized carbons (Fsp3) is 0.333. The number of imide groups is 1. The second-order valence-electron chi connectivity index (χ2n) is 7.00. The topological polar surface area (TPSA) is 63.2 Å². The van der Waals surface area contributed by atoms with Crippen LogP contribution in [0.25, 0.3) is 21.6 Å². The first kappa shape index (κ1) is 17.8. The van der Waals surface area contributed by atoms with Crippen molar-refractivity contribution < 1.29 is 9.59 Å². The maximum atomic E-state index is 12.3. The van der Waals surface area contributed by atoms with Crippen molar-refractivity contribution >= 4 is 39.2 Å². The number of carbonyl (C=O) groups excluding carboxylic acids is 2. The Morgan fingerprint density at radius 3 is 2.33 bits per heavy atom. The molecule has 1 aliphatic rings. The molecule has 0 unspecified atom stereocenters. The first-order chi connectivity index (χ1) is 13.0. The molecule has 0 fully saturated rings. The average Bonchev–Trinajstić information content (AvgIpc) is 3.00. The minimum Gasteiger partial charge on any atom is -0.274 e. The standard InChI is InChI=1S/C21H21N3O2S/c1-12-8-10-15(11-9-12)19-22-20(24(13(2)25)14(3)26)18-16-6-4-5-7-17(16)27-21(18)23-19/h8-11H,4-7H2,1-3H3. The number of carbonyl (C=O) groups is 2. The number of nitrogens with zero attached hydrogens (tertiary/aromatic N) is 3. The third kappa shape index (κ3) is 3.14. The molecule has 0 radical (unpaired) electrons. The lowest BCUT2D eigenvalue weighted by atomic mass is 9.97. The van der Waals surface area contributed by atoms with Crippen LogP contribution in [0, 0.1) is 6.92 Å². The molecule has 0 aliphatic heterocycles. The number of aromatic nitrogens is 2. The van der Waals surface area contributed by atoms with Crippen LogP contribution in [0.15, 0.2) is 24.3 Å². The van der Waals surface area contributed by atoms with E-state index >= 15 is 0 Å². The first-order valence-corrected chi connectivity index (χ1v) is 9.98. The smallest absolute Gasteiger partial charge is 0.231 e. The van der Waals surface area contributed by atoms with Crippen LogP contribution in [-0.4, -0.2) is 21.8 Å². The van der Waals surface area contributed by atoms with Crippen molar-refractivity contribution in [1.29, 1.82) is 0 Å². The molecule has 2 aromatic heterocycles. The highest BCUT2D eigenvalue weighted by molar-refractivity contribution is 7.19. The Labute approximate surface area is 162 Å². The molecule has 4 rings (SSSR count). The van der Waals surface area contributed by atoms with Crippen LogP contribution in [-0.2, 0) is 22.4 Å². The Balaban J connectivity index is 2.01. The number of anilines is 1. The lowest BCUT2D eigenvalue weighted by Gasteiger charge is -2.19. The number of aryl methyl sites for hydroxylation is 3. The number of benzene rings is 1. The summed E-state index contributed by atoms with van der Waals surface area (Å²) in [6.45, 7) is 4.83. The molecule has 0 saturated carbocycles. The van der Waals surface area contributed by atoms with Crippen LogP contribution in [0.5, 0.6) is 0 Å². The summed E-state index contributed by atoms with van der Waals surface area (Å²) in [5.74, 6) is 0.319. The largest absolute Gasteiger partial charge is 0.274 e. The quantitative estimate of drug-likeness (QED) is 0.660. The summed E-state index contributed by atoms with van der Waals surface area (Å²) in [5.41, 5.74) is 3.24. The lowest BCUT2D eigenvalue weighted by molar-refractivity contribution is -0.124. The summed E-state index contributed by atoms with van der Waals surface area (Å²) in [4.78, 5) is 37.4. The Morgan fingerprint density at radius 2 is 1.67 bits per heavy atom. The summed E-state index contributed by atoms with van der Waals surface area (Å²) < 4.78 is 0. The summed E-state index contributed by atoms with van der Waals surface area (Å²) in [7, 11) is 0. The van der Waals surface area contributed by atoms with Crippen LogP contribution in [0.2, 0.25) is 0 Å². The van der Waals surface area contributed by atoms with E-state index in [-0.39, 0.29) is 11.8 Å². The molecule has 2 heterocycles. The predicted octanol–water partition coefficient (Wildman–Crippen LogP) is 4.44. The second kappa shape index (κ2) is 6.85. The van der Waals surface area contributed by atoms with Crippen LogP contribution in [0.3, 0.4) is 0 Å². The average molecular weight is 379 g/mol. The van der Waals surface area contributed by atoms with Gasteiger partial charge in [-0.3, -0.25) is 9.59 Å². The van der Waals surface area contributed by atoms with Gasteiger partial charge >= 0.3 is 0 Å². The van der Waals surface area contributed by atoms with Crippen LogP contribution in [0.4, 0.5) is 5.82 Å². The summed E-state index contributed by atoms with van der Waals surface area (Å²) >= 11 is 1.67. The van der Waals surface area contributed by atoms with Gasteiger partial charge in [-0.1, -0.05) is 29.8 Å². The van der Waals surface area contributed by atoms with E-state index in [0.29, 0.717) is 11.6 Å². The van der Waals surface area contributed by atoms with Gasteiger partial charge in [0.1, 0.15) is 4.83 Å². The third-order valence-corrected chi connectivity index (χ3v) is 6.13. The summed E-state index contributed by atoms with van der Waals surface area (Å²) in [6, 6.07) is 7.96. The van der Waals surface area contributed by atoms with Crippen molar-refractivity contribution in [2.75, 3.05) is 4.90 Å². The number of thiophene rings is 1. The molecule has 2 amide bonds. The fourth-order valence-electron chi connectivity index (χ4n) is 3.65. The van der Waals surface area contributed by atoms with Gasteiger partial charge in [0.05, 0.1) is 5.39 Å². The Kier molecular flexibility index (Phi) is 4.52. The zero-order valence-corrected chi connectivity index (χ0v) is 16.5. The molecule has 0 bridgehead atoms. The molecule has 27 heavy (non-hydrogen) atoms. The number of fused-ring (bicyclic) bond motifs is 3. The molecular weight excluding hydrogens is 358 g/mol. The van der Waals surface area contributed by atoms with Crippen molar-refractivity contribution in [1.82, 2.24) is 9.97 Å². The molecule has 0 saturated heterocycles. The normalized spacial score (nSPS) is 13.4. The number of hydrogen-bond donors (Lipinski definition) is 0. The van der Waals surface area contributed by atoms with Gasteiger partial charge in [0.25, 0.3) is 0 Å². The van der Waals surface area contributed by atoms with Crippen molar-refractivity contribution in [3.63, 3.8) is 0 Å². The van der Waals surface area contributed by atoms with E-state index in [1.807, 2.05) is 31.2 Å². The summed E-state index contributed by atoms with van der Waals surface area (Å²) in [5, 5.41) is 0.871. The zero-order chi connectivity index (χ0) is 19.1. The monoisotopic (exact) mass is 379 g/mol. The van der Waals surface area contributed by atoms with E-state index in [4.69, 9.17) is 9.97 Å². The predicted molar refractivity (Wildman–Crippen MR) is 108 cm³/mol. The maximum Gasteiger partial charge on any atom is 0.231 e. The molecule has 1 aromatic carbocycles. The number of amides is 2. The van der Waals surface area contributed by atoms with E-state index in [0.717, 1.165) is 47.0 Å². The van der Waals surface area contributed by atoms with E-state index in [9.17, 15) is 9.59 Å². The van der Waals surface area contributed by atoms with Gasteiger partial charge < -0.3 is 0 Å². The third-order valence-electron chi connectivity index (χ3n) is 4.95. The molecule has 0 N–H and O–H groups in total. The Morgan fingerprint density at radius 1 is 1.00 bits per heavy atom. The zero-order valence-electron chi connectivity index (χ0n) is 15.7. The van der Waals surface area contributed by atoms with Gasteiger partial charge in [-0.05, 0) is 38.2 Å². The Bertz CT molecular complexity index is 1040. The fourth-order valence-corrected chi connectivity index (χ4v) is 4.91. The van der Waals surface area contributed by atoms with E-state index in [1.54, 1.807) is 11.3 Å². The highest BCUT2D eigenvalue weighted by Gasteiger charge is 2.27. The SMILES string of the molecule is CC(=O)N(C(C)=O)c1nc(-c2ccc(C)cc2)nc2sc3c(c12)CCCC3. The maximum absolute atomic E-state index is 12.3. The number of hydrogen-bond acceptors (Lipinski definition) is 5. The van der Waals surface area contributed by atoms with E-state index < -0.39 is 0 Å². The van der Waals surface area contributed by atoms with Crippen LogP contribution in [0.1, 0.15) is 42.7 Å². The highest BCUT2D eigenvalue weighted by Crippen LogP contribution is 2.40. The molecule has 5 nitrogen and oxygen atoms in total. The van der Waals surface area contributed by atoms with Gasteiger partial charge in [-0.25, -0.2) is 14.9 Å². The van der Waals surface area contributed by atoms with Gasteiger partial charge in [0.15, 0.2) is 11.6 Å².